The van der Waals surface area contributed by atoms with E-state index in [1.54, 1.807) is 37.4 Å². The molecule has 0 saturated carbocycles. The van der Waals surface area contributed by atoms with Crippen molar-refractivity contribution in [2.24, 2.45) is 0 Å². The highest BCUT2D eigenvalue weighted by Crippen LogP contribution is 2.38. The Balaban J connectivity index is 1.93. The van der Waals surface area contributed by atoms with E-state index in [2.05, 4.69) is 4.98 Å². The minimum Gasteiger partial charge on any atom is -0.710 e. The second kappa shape index (κ2) is 7.66. The fourth-order valence-corrected chi connectivity index (χ4v) is 4.22. The topological polar surface area (TPSA) is 86.1 Å². The van der Waals surface area contributed by atoms with E-state index in [0.717, 1.165) is 17.1 Å². The third-order valence-corrected chi connectivity index (χ3v) is 5.63. The lowest BCUT2D eigenvalue weighted by molar-refractivity contribution is -0.586. The number of hydrogen-bond donors (Lipinski definition) is 1. The number of H-pyrrole nitrogens is 1. The van der Waals surface area contributed by atoms with Gasteiger partial charge in [-0.25, -0.2) is 26.9 Å². The number of ether oxygens (including phenoxy) is 1. The number of aromatic nitrogens is 2. The first-order valence-corrected chi connectivity index (χ1v) is 11.3. The summed E-state index contributed by atoms with van der Waals surface area (Å²) < 4.78 is 57.6. The fourth-order valence-electron chi connectivity index (χ4n) is 3.44. The zero-order chi connectivity index (χ0) is 22.3. The summed E-state index contributed by atoms with van der Waals surface area (Å²) in [6.45, 7) is 1.64. The monoisotopic (exact) mass is 444 g/mol. The summed E-state index contributed by atoms with van der Waals surface area (Å²) in [6, 6.07) is 11.1. The van der Waals surface area contributed by atoms with Gasteiger partial charge in [-0.1, -0.05) is 6.07 Å². The molecule has 160 valence electrons. The zero-order valence-corrected chi connectivity index (χ0v) is 17.5. The number of pyridine rings is 1. The summed E-state index contributed by atoms with van der Waals surface area (Å²) in [5, 5.41) is 13.0. The van der Waals surface area contributed by atoms with Gasteiger partial charge >= 0.3 is 0 Å². The minimum absolute atomic E-state index is 0.185. The predicted octanol–water partition coefficient (Wildman–Crippen LogP) is 4.39. The maximum Gasteiger partial charge on any atom is 0.290 e. The van der Waals surface area contributed by atoms with Crippen LogP contribution in [0.5, 0.6) is 11.5 Å². The average molecular weight is 444 g/mol. The van der Waals surface area contributed by atoms with E-state index in [1.807, 2.05) is 0 Å². The van der Waals surface area contributed by atoms with Gasteiger partial charge in [0.2, 0.25) is 0 Å². The van der Waals surface area contributed by atoms with E-state index >= 15 is 0 Å². The van der Waals surface area contributed by atoms with E-state index in [9.17, 15) is 22.4 Å². The molecule has 4 aromatic rings. The predicted molar refractivity (Wildman–Crippen MR) is 112 cm³/mol. The van der Waals surface area contributed by atoms with Gasteiger partial charge in [-0.2, -0.15) is 0 Å². The molecule has 9 heteroatoms. The Kier molecular flexibility index (Phi) is 5.14. The first-order valence-electron chi connectivity index (χ1n) is 9.26. The molecule has 0 radical (unpaired) electrons. The molecule has 6 nitrogen and oxygen atoms in total. The zero-order valence-electron chi connectivity index (χ0n) is 16.6. The molecule has 0 aliphatic heterocycles. The second-order valence-corrected chi connectivity index (χ2v) is 9.45. The number of benzene rings is 2. The van der Waals surface area contributed by atoms with Gasteiger partial charge in [-0.05, 0) is 48.9 Å². The second-order valence-electron chi connectivity index (χ2n) is 7.31. The van der Waals surface area contributed by atoms with Crippen LogP contribution in [-0.4, -0.2) is 19.7 Å². The smallest absolute Gasteiger partial charge is 0.290 e. The number of nitrogens with zero attached hydrogens (tertiary/aromatic N) is 1. The molecule has 0 saturated heterocycles. The van der Waals surface area contributed by atoms with Crippen LogP contribution in [0.2, 0.25) is 0 Å². The number of nitrogens with one attached hydrogen (secondary N) is 1. The van der Waals surface area contributed by atoms with Crippen LogP contribution >= 0.6 is 0 Å². The standard InChI is InChI=1S/C22H18F2N2O4S/c1-13-9-17(16-7-8-25-22(16)26(13)27)18-10-14(12-31(2,28)29)3-5-20(18)30-21-6-4-15(23)11-19(21)24/h3-11,25H,12H2,1-2H3. The van der Waals surface area contributed by atoms with Crippen LogP contribution in [0.4, 0.5) is 8.78 Å². The lowest BCUT2D eigenvalue weighted by Gasteiger charge is -2.16. The quantitative estimate of drug-likeness (QED) is 0.365. The van der Waals surface area contributed by atoms with Crippen molar-refractivity contribution < 1.29 is 26.7 Å². The van der Waals surface area contributed by atoms with Gasteiger partial charge in [-0.15, -0.1) is 0 Å². The SMILES string of the molecule is Cc1cc(-c2cc(CS(C)(=O)=O)ccc2Oc2ccc(F)cc2F)c2cc[nH]c2[n+]1[O-]. The van der Waals surface area contributed by atoms with Crippen molar-refractivity contribution >= 4 is 20.9 Å². The first kappa shape index (κ1) is 20.8. The molecule has 4 rings (SSSR count). The number of fused-ring (bicyclic) bond motifs is 1. The average Bonchev–Trinajstić information content (AvgIpc) is 3.17. The molecule has 0 fully saturated rings. The molecular formula is C22H18F2N2O4S. The van der Waals surface area contributed by atoms with Crippen molar-refractivity contribution in [3.63, 3.8) is 0 Å². The van der Waals surface area contributed by atoms with Gasteiger partial charge in [0.25, 0.3) is 5.65 Å². The molecular weight excluding hydrogens is 426 g/mol. The molecule has 0 bridgehead atoms. The van der Waals surface area contributed by atoms with Crippen molar-refractivity contribution in [3.05, 3.63) is 82.8 Å². The lowest BCUT2D eigenvalue weighted by atomic mass is 9.99. The van der Waals surface area contributed by atoms with Crippen LogP contribution < -0.4 is 9.47 Å². The number of halogens is 2. The number of sulfone groups is 1. The van der Waals surface area contributed by atoms with Crippen LogP contribution in [0.1, 0.15) is 11.3 Å². The van der Waals surface area contributed by atoms with Crippen molar-refractivity contribution in [1.82, 2.24) is 4.98 Å². The van der Waals surface area contributed by atoms with E-state index in [-0.39, 0.29) is 17.3 Å². The van der Waals surface area contributed by atoms with Crippen LogP contribution in [-0.2, 0) is 15.6 Å². The Hall–Kier alpha value is -3.46. The highest BCUT2D eigenvalue weighted by atomic mass is 32.2. The molecule has 0 amide bonds. The fraction of sp³-hybridized carbons (Fsp3) is 0.136. The third-order valence-electron chi connectivity index (χ3n) is 4.77. The van der Waals surface area contributed by atoms with E-state index in [4.69, 9.17) is 4.74 Å². The molecule has 0 atom stereocenters. The number of rotatable bonds is 5. The molecule has 0 aliphatic rings. The molecule has 0 aliphatic carbocycles. The summed E-state index contributed by atoms with van der Waals surface area (Å²) in [6.07, 6.45) is 2.74. The van der Waals surface area contributed by atoms with Gasteiger partial charge < -0.3 is 9.94 Å². The van der Waals surface area contributed by atoms with Crippen LogP contribution in [0, 0.1) is 23.8 Å². The van der Waals surface area contributed by atoms with E-state index < -0.39 is 21.5 Å². The van der Waals surface area contributed by atoms with Crippen LogP contribution in [0.15, 0.2) is 54.7 Å². The van der Waals surface area contributed by atoms with Crippen LogP contribution in [0.25, 0.3) is 22.2 Å². The molecule has 1 N–H and O–H groups in total. The highest BCUT2D eigenvalue weighted by Gasteiger charge is 2.19. The largest absolute Gasteiger partial charge is 0.710 e. The number of aromatic amines is 1. The van der Waals surface area contributed by atoms with Crippen molar-refractivity contribution in [1.29, 1.82) is 0 Å². The number of aryl methyl sites for hydroxylation is 1. The van der Waals surface area contributed by atoms with Gasteiger partial charge in [0.15, 0.2) is 21.4 Å². The molecule has 0 spiro atoms. The molecule has 0 unspecified atom stereocenters. The maximum absolute atomic E-state index is 14.2. The summed E-state index contributed by atoms with van der Waals surface area (Å²) in [5.74, 6) is -1.76. The summed E-state index contributed by atoms with van der Waals surface area (Å²) in [7, 11) is -3.31. The van der Waals surface area contributed by atoms with E-state index in [1.165, 1.54) is 12.1 Å². The summed E-state index contributed by atoms with van der Waals surface area (Å²) in [4.78, 5) is 2.89. The Labute approximate surface area is 177 Å². The van der Waals surface area contributed by atoms with Crippen LogP contribution in [0.3, 0.4) is 0 Å². The number of hydrogen-bond acceptors (Lipinski definition) is 4. The molecule has 2 heterocycles. The van der Waals surface area contributed by atoms with Gasteiger partial charge in [0, 0.05) is 23.4 Å². The molecule has 2 aromatic heterocycles. The van der Waals surface area contributed by atoms with Crippen molar-refractivity contribution in [3.8, 4) is 22.6 Å². The normalized spacial score (nSPS) is 11.7. The van der Waals surface area contributed by atoms with E-state index in [0.29, 0.717) is 39.5 Å². The third kappa shape index (κ3) is 4.22. The van der Waals surface area contributed by atoms with Gasteiger partial charge in [0.05, 0.1) is 17.3 Å². The summed E-state index contributed by atoms with van der Waals surface area (Å²) >= 11 is 0. The molecule has 2 aromatic carbocycles. The Bertz CT molecular complexity index is 1410. The maximum atomic E-state index is 14.2. The van der Waals surface area contributed by atoms with Gasteiger partial charge in [0.1, 0.15) is 17.3 Å². The first-order chi connectivity index (χ1) is 14.6. The summed E-state index contributed by atoms with van der Waals surface area (Å²) in [5.41, 5.74) is 2.30. The minimum atomic E-state index is -3.31. The van der Waals surface area contributed by atoms with Crippen molar-refractivity contribution in [2.45, 2.75) is 12.7 Å². The highest BCUT2D eigenvalue weighted by molar-refractivity contribution is 7.89. The van der Waals surface area contributed by atoms with Crippen molar-refractivity contribution in [2.75, 3.05) is 6.26 Å². The molecule has 31 heavy (non-hydrogen) atoms. The Morgan fingerprint density at radius 3 is 2.48 bits per heavy atom. The lowest BCUT2D eigenvalue weighted by Crippen LogP contribution is -2.31. The van der Waals surface area contributed by atoms with Gasteiger partial charge in [-0.3, -0.25) is 0 Å². The Morgan fingerprint density at radius 1 is 1.03 bits per heavy atom. The Morgan fingerprint density at radius 2 is 1.77 bits per heavy atom.